The predicted octanol–water partition coefficient (Wildman–Crippen LogP) is 2.83. The van der Waals surface area contributed by atoms with Crippen molar-refractivity contribution in [2.75, 3.05) is 19.8 Å². The van der Waals surface area contributed by atoms with Crippen molar-refractivity contribution in [1.82, 2.24) is 14.7 Å². The minimum atomic E-state index is -0.164. The number of aryl methyl sites for hydroxylation is 1. The van der Waals surface area contributed by atoms with Crippen molar-refractivity contribution >= 4 is 17.5 Å². The van der Waals surface area contributed by atoms with Crippen LogP contribution in [0.2, 0.25) is 5.02 Å². The van der Waals surface area contributed by atoms with Crippen LogP contribution >= 0.6 is 11.6 Å². The Balaban J connectivity index is 1.99. The molecule has 3 rings (SSSR count). The number of aromatic nitrogens is 2. The van der Waals surface area contributed by atoms with Gasteiger partial charge in [-0.3, -0.25) is 9.48 Å². The van der Waals surface area contributed by atoms with Crippen LogP contribution < -0.4 is 0 Å². The second-order valence-electron chi connectivity index (χ2n) is 5.50. The summed E-state index contributed by atoms with van der Waals surface area (Å²) in [6.07, 6.45) is 5.06. The number of hydrogen-bond donors (Lipinski definition) is 0. The number of amides is 1. The standard InChI is InChI=1S/C17H18ClN3O2/c1-3-17(22)21-4-5-23-11-16(21)13-6-12(7-15(18)8-13)14-9-19-20(2)10-14/h3,6-10,16H,1,4-5,11H2,2H3/t16-/m0/s1. The number of nitrogens with zero attached hydrogens (tertiary/aromatic N) is 3. The fourth-order valence-corrected chi connectivity index (χ4v) is 3.05. The lowest BCUT2D eigenvalue weighted by atomic mass is 9.99. The van der Waals surface area contributed by atoms with E-state index in [-0.39, 0.29) is 11.9 Å². The van der Waals surface area contributed by atoms with E-state index in [2.05, 4.69) is 11.7 Å². The first-order chi connectivity index (χ1) is 11.1. The Morgan fingerprint density at radius 3 is 2.96 bits per heavy atom. The Labute approximate surface area is 140 Å². The molecular formula is C17H18ClN3O2. The normalized spacial score (nSPS) is 18.0. The average Bonchev–Trinajstić information content (AvgIpc) is 3.00. The monoisotopic (exact) mass is 331 g/mol. The molecule has 0 radical (unpaired) electrons. The van der Waals surface area contributed by atoms with E-state index in [1.165, 1.54) is 6.08 Å². The zero-order chi connectivity index (χ0) is 16.4. The Morgan fingerprint density at radius 2 is 2.26 bits per heavy atom. The molecule has 1 aromatic heterocycles. The van der Waals surface area contributed by atoms with Crippen LogP contribution in [0.25, 0.3) is 11.1 Å². The number of morpholine rings is 1. The van der Waals surface area contributed by atoms with E-state index in [1.54, 1.807) is 15.8 Å². The highest BCUT2D eigenvalue weighted by atomic mass is 35.5. The number of carbonyl (C=O) groups is 1. The van der Waals surface area contributed by atoms with E-state index < -0.39 is 0 Å². The van der Waals surface area contributed by atoms with Crippen LogP contribution in [-0.2, 0) is 16.6 Å². The van der Waals surface area contributed by atoms with E-state index >= 15 is 0 Å². The summed E-state index contributed by atoms with van der Waals surface area (Å²) < 4.78 is 7.31. The molecule has 1 aliphatic rings. The third kappa shape index (κ3) is 3.30. The second-order valence-corrected chi connectivity index (χ2v) is 5.94. The first kappa shape index (κ1) is 15.8. The molecule has 0 unspecified atom stereocenters. The predicted molar refractivity (Wildman–Crippen MR) is 89.1 cm³/mol. The number of carbonyl (C=O) groups excluding carboxylic acids is 1. The smallest absolute Gasteiger partial charge is 0.246 e. The van der Waals surface area contributed by atoms with E-state index in [0.717, 1.165) is 16.7 Å². The van der Waals surface area contributed by atoms with Crippen molar-refractivity contribution in [2.24, 2.45) is 7.05 Å². The second kappa shape index (κ2) is 6.56. The lowest BCUT2D eigenvalue weighted by molar-refractivity contribution is -0.134. The first-order valence-electron chi connectivity index (χ1n) is 7.39. The topological polar surface area (TPSA) is 47.4 Å². The van der Waals surface area contributed by atoms with Crippen LogP contribution in [0.1, 0.15) is 11.6 Å². The van der Waals surface area contributed by atoms with Crippen LogP contribution in [-0.4, -0.2) is 40.3 Å². The molecule has 120 valence electrons. The minimum Gasteiger partial charge on any atom is -0.377 e. The zero-order valence-corrected chi connectivity index (χ0v) is 13.7. The van der Waals surface area contributed by atoms with Crippen molar-refractivity contribution in [3.63, 3.8) is 0 Å². The van der Waals surface area contributed by atoms with Gasteiger partial charge in [-0.05, 0) is 35.4 Å². The van der Waals surface area contributed by atoms with Gasteiger partial charge >= 0.3 is 0 Å². The van der Waals surface area contributed by atoms with E-state index in [9.17, 15) is 4.79 Å². The van der Waals surface area contributed by atoms with Gasteiger partial charge in [-0.2, -0.15) is 5.10 Å². The highest BCUT2D eigenvalue weighted by Gasteiger charge is 2.27. The number of rotatable bonds is 3. The first-order valence-corrected chi connectivity index (χ1v) is 7.76. The molecule has 1 atom stereocenters. The van der Waals surface area contributed by atoms with E-state index in [0.29, 0.717) is 24.8 Å². The summed E-state index contributed by atoms with van der Waals surface area (Å²) in [5.74, 6) is -0.0961. The summed E-state index contributed by atoms with van der Waals surface area (Å²) in [7, 11) is 1.87. The quantitative estimate of drug-likeness (QED) is 0.813. The molecule has 1 saturated heterocycles. The largest absolute Gasteiger partial charge is 0.377 e. The molecule has 2 aromatic rings. The van der Waals surface area contributed by atoms with Gasteiger partial charge in [0.1, 0.15) is 0 Å². The lowest BCUT2D eigenvalue weighted by Gasteiger charge is -2.35. The van der Waals surface area contributed by atoms with Gasteiger partial charge in [0.05, 0.1) is 25.5 Å². The molecule has 5 nitrogen and oxygen atoms in total. The SMILES string of the molecule is C=CC(=O)N1CCOC[C@H]1c1cc(Cl)cc(-c2cnn(C)c2)c1. The maximum absolute atomic E-state index is 12.1. The highest BCUT2D eigenvalue weighted by Crippen LogP contribution is 2.31. The van der Waals surface area contributed by atoms with Crippen molar-refractivity contribution in [2.45, 2.75) is 6.04 Å². The van der Waals surface area contributed by atoms with Gasteiger partial charge in [0.2, 0.25) is 5.91 Å². The molecule has 2 heterocycles. The van der Waals surface area contributed by atoms with Gasteiger partial charge < -0.3 is 9.64 Å². The molecule has 0 bridgehead atoms. The van der Waals surface area contributed by atoms with Crippen molar-refractivity contribution < 1.29 is 9.53 Å². The van der Waals surface area contributed by atoms with Gasteiger partial charge in [0.25, 0.3) is 0 Å². The summed E-state index contributed by atoms with van der Waals surface area (Å²) in [6, 6.07) is 5.64. The maximum atomic E-state index is 12.1. The summed E-state index contributed by atoms with van der Waals surface area (Å²) in [4.78, 5) is 13.9. The summed E-state index contributed by atoms with van der Waals surface area (Å²) in [5.41, 5.74) is 2.90. The van der Waals surface area contributed by atoms with Crippen molar-refractivity contribution in [1.29, 1.82) is 0 Å². The molecule has 1 amide bonds. The fraction of sp³-hybridized carbons (Fsp3) is 0.294. The molecule has 0 aliphatic carbocycles. The molecular weight excluding hydrogens is 314 g/mol. The van der Waals surface area contributed by atoms with Gasteiger partial charge in [-0.15, -0.1) is 0 Å². The van der Waals surface area contributed by atoms with Gasteiger partial charge in [0, 0.05) is 30.4 Å². The number of hydrogen-bond acceptors (Lipinski definition) is 3. The molecule has 6 heteroatoms. The Kier molecular flexibility index (Phi) is 4.50. The Hall–Kier alpha value is -2.11. The highest BCUT2D eigenvalue weighted by molar-refractivity contribution is 6.31. The lowest BCUT2D eigenvalue weighted by Crippen LogP contribution is -2.42. The average molecular weight is 332 g/mol. The van der Waals surface area contributed by atoms with Crippen molar-refractivity contribution in [3.05, 3.63) is 53.8 Å². The van der Waals surface area contributed by atoms with Crippen LogP contribution in [0.4, 0.5) is 0 Å². The Bertz CT molecular complexity index is 741. The zero-order valence-electron chi connectivity index (χ0n) is 12.9. The minimum absolute atomic E-state index is 0.0961. The van der Waals surface area contributed by atoms with Crippen LogP contribution in [0.5, 0.6) is 0 Å². The fourth-order valence-electron chi connectivity index (χ4n) is 2.80. The Morgan fingerprint density at radius 1 is 1.43 bits per heavy atom. The van der Waals surface area contributed by atoms with Gasteiger partial charge in [-0.25, -0.2) is 0 Å². The summed E-state index contributed by atoms with van der Waals surface area (Å²) >= 11 is 6.30. The van der Waals surface area contributed by atoms with Crippen LogP contribution in [0.3, 0.4) is 0 Å². The number of benzene rings is 1. The van der Waals surface area contributed by atoms with E-state index in [1.807, 2.05) is 31.4 Å². The molecule has 1 aromatic carbocycles. The van der Waals surface area contributed by atoms with Gasteiger partial charge in [0.15, 0.2) is 0 Å². The maximum Gasteiger partial charge on any atom is 0.246 e. The van der Waals surface area contributed by atoms with Gasteiger partial charge in [-0.1, -0.05) is 18.2 Å². The summed E-state index contributed by atoms with van der Waals surface area (Å²) in [6.45, 7) is 5.11. The molecule has 0 saturated carbocycles. The molecule has 1 fully saturated rings. The number of ether oxygens (including phenoxy) is 1. The summed E-state index contributed by atoms with van der Waals surface area (Å²) in [5, 5.41) is 4.82. The molecule has 1 aliphatic heterocycles. The van der Waals surface area contributed by atoms with Crippen LogP contribution in [0.15, 0.2) is 43.2 Å². The molecule has 23 heavy (non-hydrogen) atoms. The number of halogens is 1. The third-order valence-corrected chi connectivity index (χ3v) is 4.15. The van der Waals surface area contributed by atoms with Crippen LogP contribution in [0, 0.1) is 0 Å². The molecule has 0 N–H and O–H groups in total. The molecule has 0 spiro atoms. The third-order valence-electron chi connectivity index (χ3n) is 3.93. The van der Waals surface area contributed by atoms with Crippen molar-refractivity contribution in [3.8, 4) is 11.1 Å². The van der Waals surface area contributed by atoms with E-state index in [4.69, 9.17) is 16.3 Å².